The molecule has 3 aromatic carbocycles. The number of carbonyl (C=O) groups excluding carboxylic acids is 2. The van der Waals surface area contributed by atoms with Gasteiger partial charge in [0, 0.05) is 30.8 Å². The summed E-state index contributed by atoms with van der Waals surface area (Å²) in [5.41, 5.74) is 1.99. The zero-order chi connectivity index (χ0) is 19.2. The van der Waals surface area contributed by atoms with E-state index >= 15 is 0 Å². The molecule has 0 saturated heterocycles. The highest BCUT2D eigenvalue weighted by Gasteiger charge is 2.24. The van der Waals surface area contributed by atoms with E-state index < -0.39 is 6.10 Å². The molecule has 3 rings (SSSR count). The van der Waals surface area contributed by atoms with Crippen molar-refractivity contribution in [3.8, 4) is 5.75 Å². The smallest absolute Gasteiger partial charge is 0.267 e. The van der Waals surface area contributed by atoms with Gasteiger partial charge < -0.3 is 9.64 Å². The summed E-state index contributed by atoms with van der Waals surface area (Å²) in [6, 6.07) is 25.3. The normalized spacial score (nSPS) is 11.5. The summed E-state index contributed by atoms with van der Waals surface area (Å²) >= 11 is 0. The van der Waals surface area contributed by atoms with E-state index in [1.807, 2.05) is 48.5 Å². The number of carbonyl (C=O) groups is 2. The lowest BCUT2D eigenvalue weighted by Gasteiger charge is -2.22. The summed E-state index contributed by atoms with van der Waals surface area (Å²) in [6.07, 6.45) is -0.739. The second-order valence-electron chi connectivity index (χ2n) is 6.36. The fraction of sp³-hybridized carbons (Fsp3) is 0.130. The van der Waals surface area contributed by atoms with Crippen molar-refractivity contribution in [2.75, 3.05) is 14.1 Å². The van der Waals surface area contributed by atoms with Crippen LogP contribution in [0.1, 0.15) is 27.6 Å². The molecular weight excluding hydrogens is 338 g/mol. The topological polar surface area (TPSA) is 46.6 Å². The van der Waals surface area contributed by atoms with Gasteiger partial charge in [-0.05, 0) is 24.3 Å². The van der Waals surface area contributed by atoms with Gasteiger partial charge in [0.15, 0.2) is 5.78 Å². The molecule has 0 radical (unpaired) electrons. The molecule has 136 valence electrons. The zero-order valence-electron chi connectivity index (χ0n) is 15.3. The van der Waals surface area contributed by atoms with Crippen molar-refractivity contribution in [2.45, 2.75) is 6.10 Å². The maximum Gasteiger partial charge on any atom is 0.267 e. The molecule has 0 heterocycles. The lowest BCUT2D eigenvalue weighted by molar-refractivity contribution is -0.136. The zero-order valence-corrected chi connectivity index (χ0v) is 15.3. The molecule has 0 fully saturated rings. The van der Waals surface area contributed by atoms with Crippen molar-refractivity contribution >= 4 is 11.7 Å². The van der Waals surface area contributed by atoms with Crippen molar-refractivity contribution in [1.82, 2.24) is 4.90 Å². The average molecular weight is 359 g/mol. The van der Waals surface area contributed by atoms with Crippen LogP contribution in [-0.2, 0) is 4.79 Å². The first kappa shape index (κ1) is 18.4. The van der Waals surface area contributed by atoms with E-state index in [4.69, 9.17) is 4.74 Å². The molecule has 1 atom stereocenters. The number of amides is 1. The second kappa shape index (κ2) is 8.32. The van der Waals surface area contributed by atoms with E-state index in [0.717, 1.165) is 5.56 Å². The highest BCUT2D eigenvalue weighted by molar-refractivity contribution is 6.09. The van der Waals surface area contributed by atoms with E-state index in [-0.39, 0.29) is 11.7 Å². The summed E-state index contributed by atoms with van der Waals surface area (Å²) in [7, 11) is 3.40. The molecule has 3 aromatic rings. The maximum absolute atomic E-state index is 12.6. The molecule has 0 aromatic heterocycles. The molecular formula is C23H21NO3. The second-order valence-corrected chi connectivity index (χ2v) is 6.36. The van der Waals surface area contributed by atoms with Crippen molar-refractivity contribution in [2.24, 2.45) is 0 Å². The fourth-order valence-corrected chi connectivity index (χ4v) is 2.70. The largest absolute Gasteiger partial charge is 0.476 e. The van der Waals surface area contributed by atoms with Gasteiger partial charge in [-0.25, -0.2) is 0 Å². The van der Waals surface area contributed by atoms with Crippen molar-refractivity contribution in [1.29, 1.82) is 0 Å². The minimum Gasteiger partial charge on any atom is -0.476 e. The van der Waals surface area contributed by atoms with Crippen LogP contribution in [0.25, 0.3) is 0 Å². The molecule has 0 saturated carbocycles. The fourth-order valence-electron chi connectivity index (χ4n) is 2.70. The highest BCUT2D eigenvalue weighted by atomic mass is 16.5. The molecule has 0 unspecified atom stereocenters. The number of ether oxygens (including phenoxy) is 1. The minimum absolute atomic E-state index is 0.0499. The lowest BCUT2D eigenvalue weighted by atomic mass is 10.0. The summed E-state index contributed by atoms with van der Waals surface area (Å²) in [5.74, 6) is 0.334. The van der Waals surface area contributed by atoms with Crippen molar-refractivity contribution in [3.05, 3.63) is 102 Å². The first-order valence-corrected chi connectivity index (χ1v) is 8.69. The average Bonchev–Trinajstić information content (AvgIpc) is 2.72. The number of hydrogen-bond acceptors (Lipinski definition) is 3. The Morgan fingerprint density at radius 1 is 0.741 bits per heavy atom. The minimum atomic E-state index is -0.739. The molecule has 0 N–H and O–H groups in total. The number of hydrogen-bond donors (Lipinski definition) is 0. The Morgan fingerprint density at radius 2 is 1.26 bits per heavy atom. The first-order valence-electron chi connectivity index (χ1n) is 8.69. The van der Waals surface area contributed by atoms with E-state index in [1.54, 1.807) is 50.5 Å². The van der Waals surface area contributed by atoms with Gasteiger partial charge in [0.1, 0.15) is 5.75 Å². The molecule has 0 aliphatic rings. The standard InChI is InChI=1S/C23H21NO3/c1-24(2)23(26)22(19-11-7-4-8-12-19)27-20-15-13-18(14-16-20)21(25)17-9-5-3-6-10-17/h3-16,22H,1-2H3/t22-/m1/s1. The molecule has 27 heavy (non-hydrogen) atoms. The monoisotopic (exact) mass is 359 g/mol. The van der Waals surface area contributed by atoms with Crippen LogP contribution >= 0.6 is 0 Å². The molecule has 0 spiro atoms. The Hall–Kier alpha value is -3.40. The molecule has 4 nitrogen and oxygen atoms in total. The third-order valence-electron chi connectivity index (χ3n) is 4.17. The van der Waals surface area contributed by atoms with Crippen LogP contribution in [0.5, 0.6) is 5.75 Å². The Morgan fingerprint density at radius 3 is 1.81 bits per heavy atom. The molecule has 0 bridgehead atoms. The van der Waals surface area contributed by atoms with Gasteiger partial charge in [-0.3, -0.25) is 9.59 Å². The van der Waals surface area contributed by atoms with E-state index in [1.165, 1.54) is 4.90 Å². The SMILES string of the molecule is CN(C)C(=O)[C@H](Oc1ccc(C(=O)c2ccccc2)cc1)c1ccccc1. The number of ketones is 1. The molecule has 0 aliphatic heterocycles. The Balaban J connectivity index is 1.81. The van der Waals surface area contributed by atoms with E-state index in [0.29, 0.717) is 16.9 Å². The van der Waals surface area contributed by atoms with Crippen molar-refractivity contribution in [3.63, 3.8) is 0 Å². The molecule has 0 aliphatic carbocycles. The van der Waals surface area contributed by atoms with Crippen LogP contribution in [0.2, 0.25) is 0 Å². The highest BCUT2D eigenvalue weighted by Crippen LogP contribution is 2.24. The summed E-state index contributed by atoms with van der Waals surface area (Å²) in [4.78, 5) is 26.6. The van der Waals surface area contributed by atoms with Crippen LogP contribution in [-0.4, -0.2) is 30.7 Å². The predicted octanol–water partition coefficient (Wildman–Crippen LogP) is 4.13. The predicted molar refractivity (Wildman–Crippen MR) is 105 cm³/mol. The van der Waals surface area contributed by atoms with Gasteiger partial charge in [-0.1, -0.05) is 60.7 Å². The Bertz CT molecular complexity index is 903. The Labute approximate surface area is 159 Å². The summed E-state index contributed by atoms with van der Waals surface area (Å²) in [5, 5.41) is 0. The first-order chi connectivity index (χ1) is 13.1. The van der Waals surface area contributed by atoms with Crippen LogP contribution in [0.15, 0.2) is 84.9 Å². The summed E-state index contributed by atoms with van der Waals surface area (Å²) < 4.78 is 5.96. The third kappa shape index (κ3) is 4.42. The van der Waals surface area contributed by atoms with E-state index in [2.05, 4.69) is 0 Å². The van der Waals surface area contributed by atoms with Gasteiger partial charge in [0.05, 0.1) is 0 Å². The quantitative estimate of drug-likeness (QED) is 0.622. The number of rotatable bonds is 6. The number of nitrogens with zero attached hydrogens (tertiary/aromatic N) is 1. The van der Waals surface area contributed by atoms with Crippen molar-refractivity contribution < 1.29 is 14.3 Å². The third-order valence-corrected chi connectivity index (χ3v) is 4.17. The number of likely N-dealkylation sites (N-methyl/N-ethyl adjacent to an activating group) is 1. The van der Waals surface area contributed by atoms with Crippen LogP contribution in [0.3, 0.4) is 0 Å². The van der Waals surface area contributed by atoms with Gasteiger partial charge in [-0.2, -0.15) is 0 Å². The van der Waals surface area contributed by atoms with Crippen LogP contribution < -0.4 is 4.74 Å². The van der Waals surface area contributed by atoms with Gasteiger partial charge >= 0.3 is 0 Å². The molecule has 1 amide bonds. The molecule has 4 heteroatoms. The van der Waals surface area contributed by atoms with E-state index in [9.17, 15) is 9.59 Å². The lowest BCUT2D eigenvalue weighted by Crippen LogP contribution is -2.31. The van der Waals surface area contributed by atoms with Gasteiger partial charge in [0.2, 0.25) is 6.10 Å². The Kier molecular flexibility index (Phi) is 5.67. The van der Waals surface area contributed by atoms with Crippen LogP contribution in [0, 0.1) is 0 Å². The van der Waals surface area contributed by atoms with Crippen LogP contribution in [0.4, 0.5) is 0 Å². The van der Waals surface area contributed by atoms with Gasteiger partial charge in [0.25, 0.3) is 5.91 Å². The summed E-state index contributed by atoms with van der Waals surface area (Å²) in [6.45, 7) is 0. The number of benzene rings is 3. The maximum atomic E-state index is 12.6. The van der Waals surface area contributed by atoms with Gasteiger partial charge in [-0.15, -0.1) is 0 Å².